The molecule has 1 aliphatic heterocycles. The molecule has 1 aliphatic rings. The number of nitrogens with zero attached hydrogens (tertiary/aromatic N) is 1. The van der Waals surface area contributed by atoms with E-state index in [1.807, 2.05) is 19.1 Å². The summed E-state index contributed by atoms with van der Waals surface area (Å²) in [5, 5.41) is 11.8. The number of ether oxygens (including phenoxy) is 1. The Morgan fingerprint density at radius 1 is 1.19 bits per heavy atom. The average molecular weight is 354 g/mol. The van der Waals surface area contributed by atoms with Crippen molar-refractivity contribution >= 4 is 29.2 Å². The zero-order chi connectivity index (χ0) is 18.8. The normalized spacial score (nSPS) is 15.8. The number of carboxylic acids is 1. The van der Waals surface area contributed by atoms with Gasteiger partial charge in [-0.2, -0.15) is 0 Å². The molecular formula is C19H18N2O5. The molecule has 0 bridgehead atoms. The Morgan fingerprint density at radius 3 is 2.54 bits per heavy atom. The van der Waals surface area contributed by atoms with E-state index in [1.54, 1.807) is 19.1 Å². The van der Waals surface area contributed by atoms with Gasteiger partial charge in [0.25, 0.3) is 5.91 Å². The lowest BCUT2D eigenvalue weighted by Gasteiger charge is -2.32. The van der Waals surface area contributed by atoms with Crippen LogP contribution in [0.1, 0.15) is 22.8 Å². The standard InChI is InChI=1S/C19H18N2O5/c1-11-3-6-14(7-4-11)20-17(22)10-21-15-8-5-13(19(24)25)9-16(15)26-12(2)18(21)23/h3-9,12H,10H2,1-2H3,(H,20,22)(H,24,25). The van der Waals surface area contributed by atoms with Crippen LogP contribution in [0.5, 0.6) is 5.75 Å². The van der Waals surface area contributed by atoms with Crippen LogP contribution in [0.25, 0.3) is 0 Å². The zero-order valence-electron chi connectivity index (χ0n) is 14.4. The minimum Gasteiger partial charge on any atom is -0.479 e. The van der Waals surface area contributed by atoms with Crippen molar-refractivity contribution in [3.05, 3.63) is 53.6 Å². The number of anilines is 2. The molecule has 0 radical (unpaired) electrons. The summed E-state index contributed by atoms with van der Waals surface area (Å²) in [6, 6.07) is 11.5. The molecule has 0 saturated heterocycles. The van der Waals surface area contributed by atoms with Gasteiger partial charge in [-0.3, -0.25) is 14.5 Å². The van der Waals surface area contributed by atoms with E-state index in [-0.39, 0.29) is 29.7 Å². The fourth-order valence-corrected chi connectivity index (χ4v) is 2.69. The van der Waals surface area contributed by atoms with Crippen molar-refractivity contribution in [1.29, 1.82) is 0 Å². The largest absolute Gasteiger partial charge is 0.479 e. The predicted molar refractivity (Wildman–Crippen MR) is 95.7 cm³/mol. The monoisotopic (exact) mass is 354 g/mol. The summed E-state index contributed by atoms with van der Waals surface area (Å²) in [7, 11) is 0. The van der Waals surface area contributed by atoms with E-state index >= 15 is 0 Å². The maximum atomic E-state index is 12.4. The van der Waals surface area contributed by atoms with E-state index in [1.165, 1.54) is 23.1 Å². The van der Waals surface area contributed by atoms with Crippen molar-refractivity contribution in [3.8, 4) is 5.75 Å². The summed E-state index contributed by atoms with van der Waals surface area (Å²) < 4.78 is 5.49. The highest BCUT2D eigenvalue weighted by molar-refractivity contribution is 6.06. The number of hydrogen-bond donors (Lipinski definition) is 2. The molecule has 2 aromatic rings. The molecule has 26 heavy (non-hydrogen) atoms. The van der Waals surface area contributed by atoms with Crippen LogP contribution in [0, 0.1) is 6.92 Å². The topological polar surface area (TPSA) is 95.9 Å². The van der Waals surface area contributed by atoms with Crippen LogP contribution in [0.2, 0.25) is 0 Å². The number of aryl methyl sites for hydroxylation is 1. The molecule has 0 aliphatic carbocycles. The van der Waals surface area contributed by atoms with E-state index in [0.717, 1.165) is 5.56 Å². The zero-order valence-corrected chi connectivity index (χ0v) is 14.4. The Labute approximate surface area is 150 Å². The number of fused-ring (bicyclic) bond motifs is 1. The Kier molecular flexibility index (Phi) is 4.62. The molecule has 2 N–H and O–H groups in total. The number of aromatic carboxylic acids is 1. The predicted octanol–water partition coefficient (Wildman–Crippen LogP) is 2.45. The maximum Gasteiger partial charge on any atom is 0.335 e. The van der Waals surface area contributed by atoms with Gasteiger partial charge in [-0.05, 0) is 44.2 Å². The van der Waals surface area contributed by atoms with Gasteiger partial charge in [0.05, 0.1) is 11.3 Å². The van der Waals surface area contributed by atoms with Crippen molar-refractivity contribution in [2.24, 2.45) is 0 Å². The molecule has 7 heteroatoms. The van der Waals surface area contributed by atoms with E-state index < -0.39 is 12.1 Å². The minimum atomic E-state index is -1.09. The number of rotatable bonds is 4. The van der Waals surface area contributed by atoms with Crippen LogP contribution >= 0.6 is 0 Å². The van der Waals surface area contributed by atoms with E-state index in [4.69, 9.17) is 9.84 Å². The lowest BCUT2D eigenvalue weighted by atomic mass is 10.1. The van der Waals surface area contributed by atoms with Gasteiger partial charge in [-0.1, -0.05) is 17.7 Å². The summed E-state index contributed by atoms with van der Waals surface area (Å²) in [4.78, 5) is 37.2. The third-order valence-corrected chi connectivity index (χ3v) is 4.05. The molecule has 134 valence electrons. The van der Waals surface area contributed by atoms with E-state index in [0.29, 0.717) is 11.4 Å². The van der Waals surface area contributed by atoms with E-state index in [2.05, 4.69) is 5.32 Å². The number of hydrogen-bond acceptors (Lipinski definition) is 4. The first kappa shape index (κ1) is 17.5. The Balaban J connectivity index is 1.82. The van der Waals surface area contributed by atoms with Gasteiger partial charge < -0.3 is 15.2 Å². The second-order valence-electron chi connectivity index (χ2n) is 6.09. The van der Waals surface area contributed by atoms with Crippen LogP contribution in [0.4, 0.5) is 11.4 Å². The first-order valence-electron chi connectivity index (χ1n) is 8.07. The Hall–Kier alpha value is -3.35. The van der Waals surface area contributed by atoms with Gasteiger partial charge in [0, 0.05) is 5.69 Å². The van der Waals surface area contributed by atoms with Crippen LogP contribution in [0.15, 0.2) is 42.5 Å². The summed E-state index contributed by atoms with van der Waals surface area (Å²) in [6.45, 7) is 3.31. The third kappa shape index (κ3) is 3.51. The number of carbonyl (C=O) groups is 3. The Bertz CT molecular complexity index is 876. The molecule has 0 aromatic heterocycles. The quantitative estimate of drug-likeness (QED) is 0.879. The lowest BCUT2D eigenvalue weighted by molar-refractivity contribution is -0.127. The van der Waals surface area contributed by atoms with Crippen molar-refractivity contribution in [2.45, 2.75) is 20.0 Å². The average Bonchev–Trinajstić information content (AvgIpc) is 2.60. The molecule has 0 spiro atoms. The molecule has 3 rings (SSSR count). The minimum absolute atomic E-state index is 0.0503. The molecule has 1 heterocycles. The molecule has 2 amide bonds. The fourth-order valence-electron chi connectivity index (χ4n) is 2.69. The first-order chi connectivity index (χ1) is 12.3. The SMILES string of the molecule is Cc1ccc(NC(=O)CN2C(=O)C(C)Oc3cc(C(=O)O)ccc32)cc1. The summed E-state index contributed by atoms with van der Waals surface area (Å²) >= 11 is 0. The molecular weight excluding hydrogens is 336 g/mol. The van der Waals surface area contributed by atoms with Crippen LogP contribution in [0.3, 0.4) is 0 Å². The van der Waals surface area contributed by atoms with Gasteiger partial charge in [-0.25, -0.2) is 4.79 Å². The van der Waals surface area contributed by atoms with Gasteiger partial charge in [-0.15, -0.1) is 0 Å². The van der Waals surface area contributed by atoms with Gasteiger partial charge >= 0.3 is 5.97 Å². The van der Waals surface area contributed by atoms with Crippen LogP contribution in [-0.4, -0.2) is 35.5 Å². The summed E-state index contributed by atoms with van der Waals surface area (Å²) in [5.74, 6) is -1.55. The highest BCUT2D eigenvalue weighted by atomic mass is 16.5. The number of benzene rings is 2. The fraction of sp³-hybridized carbons (Fsp3) is 0.211. The lowest BCUT2D eigenvalue weighted by Crippen LogP contribution is -2.47. The third-order valence-electron chi connectivity index (χ3n) is 4.05. The molecule has 1 unspecified atom stereocenters. The van der Waals surface area contributed by atoms with Crippen LogP contribution < -0.4 is 15.0 Å². The van der Waals surface area contributed by atoms with Gasteiger partial charge in [0.15, 0.2) is 6.10 Å². The molecule has 0 fully saturated rings. The van der Waals surface area contributed by atoms with Gasteiger partial charge in [0.2, 0.25) is 5.91 Å². The Morgan fingerprint density at radius 2 is 1.88 bits per heavy atom. The summed E-state index contributed by atoms with van der Waals surface area (Å²) in [6.07, 6.45) is -0.807. The van der Waals surface area contributed by atoms with Gasteiger partial charge in [0.1, 0.15) is 12.3 Å². The van der Waals surface area contributed by atoms with Crippen molar-refractivity contribution in [2.75, 3.05) is 16.8 Å². The van der Waals surface area contributed by atoms with Crippen molar-refractivity contribution < 1.29 is 24.2 Å². The highest BCUT2D eigenvalue weighted by Gasteiger charge is 2.33. The molecule has 2 aromatic carbocycles. The number of amides is 2. The van der Waals surface area contributed by atoms with Crippen molar-refractivity contribution in [1.82, 2.24) is 0 Å². The molecule has 0 saturated carbocycles. The second kappa shape index (κ2) is 6.87. The second-order valence-corrected chi connectivity index (χ2v) is 6.09. The molecule has 7 nitrogen and oxygen atoms in total. The number of nitrogens with one attached hydrogen (secondary N) is 1. The highest BCUT2D eigenvalue weighted by Crippen LogP contribution is 2.34. The maximum absolute atomic E-state index is 12.4. The summed E-state index contributed by atoms with van der Waals surface area (Å²) in [5.41, 5.74) is 2.13. The smallest absolute Gasteiger partial charge is 0.335 e. The van der Waals surface area contributed by atoms with Crippen LogP contribution in [-0.2, 0) is 9.59 Å². The van der Waals surface area contributed by atoms with E-state index in [9.17, 15) is 14.4 Å². The number of carbonyl (C=O) groups excluding carboxylic acids is 2. The number of carboxylic acid groups (broad SMARTS) is 1. The molecule has 1 atom stereocenters. The van der Waals surface area contributed by atoms with Crippen molar-refractivity contribution in [3.63, 3.8) is 0 Å². The first-order valence-corrected chi connectivity index (χ1v) is 8.07.